The molecule has 1 aromatic carbocycles. The van der Waals surface area contributed by atoms with Gasteiger partial charge in [0.1, 0.15) is 5.75 Å². The van der Waals surface area contributed by atoms with Crippen molar-refractivity contribution in [3.8, 4) is 11.6 Å². The van der Waals surface area contributed by atoms with Crippen molar-refractivity contribution in [3.63, 3.8) is 0 Å². The van der Waals surface area contributed by atoms with Crippen LogP contribution in [0.15, 0.2) is 42.6 Å². The minimum atomic E-state index is 0.588. The highest BCUT2D eigenvalue weighted by Crippen LogP contribution is 2.24. The van der Waals surface area contributed by atoms with E-state index in [4.69, 9.17) is 10.5 Å². The molecule has 3 nitrogen and oxygen atoms in total. The molecule has 0 fully saturated rings. The number of hydrogen-bond donors (Lipinski definition) is 1. The molecule has 2 aromatic rings. The molecule has 15 heavy (non-hydrogen) atoms. The summed E-state index contributed by atoms with van der Waals surface area (Å²) in [5.41, 5.74) is 7.39. The molecule has 0 spiro atoms. The Kier molecular flexibility index (Phi) is 2.54. The average molecular weight is 200 g/mol. The van der Waals surface area contributed by atoms with Crippen molar-refractivity contribution in [3.05, 3.63) is 48.2 Å². The fourth-order valence-corrected chi connectivity index (χ4v) is 1.31. The van der Waals surface area contributed by atoms with Gasteiger partial charge in [-0.25, -0.2) is 4.98 Å². The quantitative estimate of drug-likeness (QED) is 0.758. The van der Waals surface area contributed by atoms with Gasteiger partial charge in [0.05, 0.1) is 0 Å². The zero-order valence-corrected chi connectivity index (χ0v) is 8.47. The van der Waals surface area contributed by atoms with Crippen molar-refractivity contribution >= 4 is 5.69 Å². The summed E-state index contributed by atoms with van der Waals surface area (Å²) in [4.78, 5) is 4.08. The summed E-state index contributed by atoms with van der Waals surface area (Å²) in [6.07, 6.45) is 1.70. The minimum Gasteiger partial charge on any atom is -0.439 e. The second-order valence-electron chi connectivity index (χ2n) is 3.29. The van der Waals surface area contributed by atoms with Gasteiger partial charge in [0.2, 0.25) is 5.88 Å². The molecular weight excluding hydrogens is 188 g/mol. The lowest BCUT2D eigenvalue weighted by molar-refractivity contribution is 0.459. The molecule has 0 saturated heterocycles. The van der Waals surface area contributed by atoms with Crippen LogP contribution in [0.4, 0.5) is 5.69 Å². The van der Waals surface area contributed by atoms with Crippen LogP contribution < -0.4 is 10.5 Å². The predicted molar refractivity (Wildman–Crippen MR) is 59.9 cm³/mol. The molecule has 0 aliphatic heterocycles. The van der Waals surface area contributed by atoms with Gasteiger partial charge < -0.3 is 10.5 Å². The van der Waals surface area contributed by atoms with Gasteiger partial charge in [-0.05, 0) is 36.8 Å². The number of aromatic nitrogens is 1. The zero-order chi connectivity index (χ0) is 10.7. The molecule has 0 atom stereocenters. The third-order valence-corrected chi connectivity index (χ3v) is 2.05. The van der Waals surface area contributed by atoms with E-state index in [0.717, 1.165) is 17.0 Å². The molecule has 76 valence electrons. The Hall–Kier alpha value is -2.03. The summed E-state index contributed by atoms with van der Waals surface area (Å²) >= 11 is 0. The second-order valence-corrected chi connectivity index (χ2v) is 3.29. The first-order chi connectivity index (χ1) is 7.25. The molecule has 0 bridgehead atoms. The van der Waals surface area contributed by atoms with Gasteiger partial charge in [0.15, 0.2) is 0 Å². The third-order valence-electron chi connectivity index (χ3n) is 2.05. The van der Waals surface area contributed by atoms with E-state index >= 15 is 0 Å². The fourth-order valence-electron chi connectivity index (χ4n) is 1.31. The van der Waals surface area contributed by atoms with Crippen molar-refractivity contribution < 1.29 is 4.74 Å². The Morgan fingerprint density at radius 3 is 2.73 bits per heavy atom. The summed E-state index contributed by atoms with van der Waals surface area (Å²) in [7, 11) is 0. The molecule has 0 radical (unpaired) electrons. The Morgan fingerprint density at radius 2 is 2.07 bits per heavy atom. The van der Waals surface area contributed by atoms with Crippen molar-refractivity contribution in [1.29, 1.82) is 0 Å². The fraction of sp³-hybridized carbons (Fsp3) is 0.0833. The lowest BCUT2D eigenvalue weighted by Crippen LogP contribution is -1.91. The van der Waals surface area contributed by atoms with Gasteiger partial charge in [-0.2, -0.15) is 0 Å². The first-order valence-corrected chi connectivity index (χ1v) is 4.71. The van der Waals surface area contributed by atoms with E-state index < -0.39 is 0 Å². The van der Waals surface area contributed by atoms with Gasteiger partial charge in [0, 0.05) is 18.0 Å². The predicted octanol–water partition coefficient (Wildman–Crippen LogP) is 2.76. The Morgan fingerprint density at radius 1 is 1.20 bits per heavy atom. The average Bonchev–Trinajstić information content (AvgIpc) is 2.24. The SMILES string of the molecule is Cc1cc(N)ccc1Oc1ccccn1. The summed E-state index contributed by atoms with van der Waals surface area (Å²) in [5.74, 6) is 1.37. The number of benzene rings is 1. The molecule has 0 aliphatic carbocycles. The number of ether oxygens (including phenoxy) is 1. The molecule has 1 heterocycles. The van der Waals surface area contributed by atoms with E-state index in [2.05, 4.69) is 4.98 Å². The molecular formula is C12H12N2O. The number of pyridine rings is 1. The zero-order valence-electron chi connectivity index (χ0n) is 8.47. The molecule has 2 rings (SSSR count). The van der Waals surface area contributed by atoms with Crippen LogP contribution in [0.3, 0.4) is 0 Å². The maximum atomic E-state index is 5.65. The molecule has 2 N–H and O–H groups in total. The maximum absolute atomic E-state index is 5.65. The van der Waals surface area contributed by atoms with Crippen molar-refractivity contribution in [2.45, 2.75) is 6.92 Å². The highest BCUT2D eigenvalue weighted by atomic mass is 16.5. The van der Waals surface area contributed by atoms with Gasteiger partial charge in [-0.15, -0.1) is 0 Å². The van der Waals surface area contributed by atoms with Gasteiger partial charge in [-0.1, -0.05) is 6.07 Å². The van der Waals surface area contributed by atoms with Gasteiger partial charge >= 0.3 is 0 Å². The summed E-state index contributed by atoms with van der Waals surface area (Å²) in [5, 5.41) is 0. The molecule has 0 unspecified atom stereocenters. The highest BCUT2D eigenvalue weighted by molar-refractivity contribution is 5.48. The Labute approximate surface area is 88.5 Å². The monoisotopic (exact) mass is 200 g/mol. The van der Waals surface area contributed by atoms with Crippen molar-refractivity contribution in [1.82, 2.24) is 4.98 Å². The van der Waals surface area contributed by atoms with Gasteiger partial charge in [0.25, 0.3) is 0 Å². The molecule has 0 amide bonds. The van der Waals surface area contributed by atoms with E-state index in [1.165, 1.54) is 0 Å². The van der Waals surface area contributed by atoms with E-state index in [9.17, 15) is 0 Å². The van der Waals surface area contributed by atoms with Crippen LogP contribution in [0.5, 0.6) is 11.6 Å². The van der Waals surface area contributed by atoms with E-state index in [1.807, 2.05) is 43.3 Å². The summed E-state index contributed by atoms with van der Waals surface area (Å²) < 4.78 is 5.60. The number of hydrogen-bond acceptors (Lipinski definition) is 3. The topological polar surface area (TPSA) is 48.1 Å². The molecule has 1 aromatic heterocycles. The first-order valence-electron chi connectivity index (χ1n) is 4.71. The van der Waals surface area contributed by atoms with Crippen LogP contribution in [-0.4, -0.2) is 4.98 Å². The van der Waals surface area contributed by atoms with E-state index in [1.54, 1.807) is 6.20 Å². The maximum Gasteiger partial charge on any atom is 0.219 e. The third kappa shape index (κ3) is 2.26. The van der Waals surface area contributed by atoms with Crippen molar-refractivity contribution in [2.75, 3.05) is 5.73 Å². The molecule has 0 aliphatic rings. The van der Waals surface area contributed by atoms with Crippen LogP contribution >= 0.6 is 0 Å². The number of nitrogens with zero attached hydrogens (tertiary/aromatic N) is 1. The Balaban J connectivity index is 2.25. The number of aryl methyl sites for hydroxylation is 1. The largest absolute Gasteiger partial charge is 0.439 e. The molecule has 0 saturated carbocycles. The summed E-state index contributed by atoms with van der Waals surface area (Å²) in [6.45, 7) is 1.95. The van der Waals surface area contributed by atoms with E-state index in [0.29, 0.717) is 5.88 Å². The lowest BCUT2D eigenvalue weighted by Gasteiger charge is -2.07. The Bertz CT molecular complexity index is 454. The number of nitrogen functional groups attached to an aromatic ring is 1. The first kappa shape index (κ1) is 9.52. The van der Waals surface area contributed by atoms with Crippen LogP contribution in [0.1, 0.15) is 5.56 Å². The van der Waals surface area contributed by atoms with Crippen LogP contribution in [0.25, 0.3) is 0 Å². The van der Waals surface area contributed by atoms with Gasteiger partial charge in [-0.3, -0.25) is 0 Å². The second kappa shape index (κ2) is 4.00. The van der Waals surface area contributed by atoms with E-state index in [-0.39, 0.29) is 0 Å². The minimum absolute atomic E-state index is 0.588. The lowest BCUT2D eigenvalue weighted by atomic mass is 10.2. The standard InChI is InChI=1S/C12H12N2O/c1-9-8-10(13)5-6-11(9)15-12-4-2-3-7-14-12/h2-8H,13H2,1H3. The smallest absolute Gasteiger partial charge is 0.219 e. The van der Waals surface area contributed by atoms with Crippen LogP contribution in [0, 0.1) is 6.92 Å². The van der Waals surface area contributed by atoms with Crippen molar-refractivity contribution in [2.24, 2.45) is 0 Å². The van der Waals surface area contributed by atoms with Crippen LogP contribution in [0.2, 0.25) is 0 Å². The normalized spacial score (nSPS) is 9.93. The number of rotatable bonds is 2. The van der Waals surface area contributed by atoms with Crippen LogP contribution in [-0.2, 0) is 0 Å². The molecule has 3 heteroatoms. The number of anilines is 1. The highest BCUT2D eigenvalue weighted by Gasteiger charge is 2.01. The summed E-state index contributed by atoms with van der Waals surface area (Å²) in [6, 6.07) is 11.1. The number of nitrogens with two attached hydrogens (primary N) is 1.